The van der Waals surface area contributed by atoms with E-state index in [4.69, 9.17) is 11.1 Å². The number of guanidine groups is 1. The summed E-state index contributed by atoms with van der Waals surface area (Å²) in [5, 5.41) is 8.14. The molecule has 1 saturated heterocycles. The predicted octanol–water partition coefficient (Wildman–Crippen LogP) is 4.47. The molecule has 2 aromatic carbocycles. The molecular weight excluding hydrogens is 282 g/mol. The van der Waals surface area contributed by atoms with Crippen LogP contribution in [0.15, 0.2) is 48.5 Å². The smallest absolute Gasteiger partial charge is 0.189 e. The zero-order valence-corrected chi connectivity index (χ0v) is 13.9. The molecule has 0 aromatic heterocycles. The Labute approximate surface area is 138 Å². The molecule has 1 aliphatic rings. The molecular formula is C20H25N3. The number of hydrogen-bond donors (Lipinski definition) is 2. The van der Waals surface area contributed by atoms with E-state index in [1.807, 2.05) is 0 Å². The molecule has 0 spiro atoms. The fourth-order valence-electron chi connectivity index (χ4n) is 3.57. The molecule has 0 saturated carbocycles. The summed E-state index contributed by atoms with van der Waals surface area (Å²) in [6.07, 6.45) is 3.25. The van der Waals surface area contributed by atoms with Crippen molar-refractivity contribution in [1.29, 1.82) is 5.41 Å². The summed E-state index contributed by atoms with van der Waals surface area (Å²) in [5.41, 5.74) is 11.0. The standard InChI is InChI=1S/C20H25N3/c1-14-6-10-16(11-7-14)18-4-3-5-19(23(18)20(21)22)17-12-8-15(2)9-13-17/h6-13,18-19H,3-5H2,1-2H3,(H3,21,22). The van der Waals surface area contributed by atoms with E-state index in [2.05, 4.69) is 67.3 Å². The highest BCUT2D eigenvalue weighted by Crippen LogP contribution is 2.41. The number of likely N-dealkylation sites (tertiary alicyclic amines) is 1. The molecule has 23 heavy (non-hydrogen) atoms. The van der Waals surface area contributed by atoms with Crippen LogP contribution in [0.25, 0.3) is 0 Å². The first-order valence-electron chi connectivity index (χ1n) is 8.32. The number of nitrogens with two attached hydrogens (primary N) is 1. The first-order chi connectivity index (χ1) is 11.1. The van der Waals surface area contributed by atoms with Crippen molar-refractivity contribution >= 4 is 5.96 Å². The van der Waals surface area contributed by atoms with Crippen molar-refractivity contribution < 1.29 is 0 Å². The molecule has 3 heteroatoms. The Morgan fingerprint density at radius 3 is 1.61 bits per heavy atom. The van der Waals surface area contributed by atoms with Crippen LogP contribution < -0.4 is 5.73 Å². The maximum atomic E-state index is 8.14. The quantitative estimate of drug-likeness (QED) is 0.635. The first-order valence-corrected chi connectivity index (χ1v) is 8.32. The monoisotopic (exact) mass is 307 g/mol. The van der Waals surface area contributed by atoms with Crippen LogP contribution in [0.4, 0.5) is 0 Å². The van der Waals surface area contributed by atoms with E-state index in [0.29, 0.717) is 0 Å². The van der Waals surface area contributed by atoms with Crippen molar-refractivity contribution in [3.63, 3.8) is 0 Å². The molecule has 0 bridgehead atoms. The van der Waals surface area contributed by atoms with Gasteiger partial charge in [0, 0.05) is 0 Å². The van der Waals surface area contributed by atoms with E-state index in [-0.39, 0.29) is 18.0 Å². The topological polar surface area (TPSA) is 53.1 Å². The van der Waals surface area contributed by atoms with Gasteiger partial charge in [-0.15, -0.1) is 0 Å². The number of rotatable bonds is 2. The molecule has 3 rings (SSSR count). The van der Waals surface area contributed by atoms with E-state index in [1.165, 1.54) is 22.3 Å². The second kappa shape index (κ2) is 6.45. The minimum atomic E-state index is 0.167. The van der Waals surface area contributed by atoms with Gasteiger partial charge in [-0.25, -0.2) is 0 Å². The zero-order valence-electron chi connectivity index (χ0n) is 13.9. The van der Waals surface area contributed by atoms with Crippen LogP contribution in [0.1, 0.15) is 53.6 Å². The van der Waals surface area contributed by atoms with Crippen molar-refractivity contribution in [3.05, 3.63) is 70.8 Å². The fraction of sp³-hybridized carbons (Fsp3) is 0.350. The Bertz CT molecular complexity index is 620. The van der Waals surface area contributed by atoms with Crippen molar-refractivity contribution in [1.82, 2.24) is 4.90 Å². The van der Waals surface area contributed by atoms with Crippen LogP contribution in [0.3, 0.4) is 0 Å². The second-order valence-corrected chi connectivity index (χ2v) is 6.58. The molecule has 0 aliphatic carbocycles. The summed E-state index contributed by atoms with van der Waals surface area (Å²) in [7, 11) is 0. The molecule has 0 radical (unpaired) electrons. The third-order valence-electron chi connectivity index (χ3n) is 4.83. The Kier molecular flexibility index (Phi) is 4.37. The molecule has 1 aliphatic heterocycles. The maximum absolute atomic E-state index is 8.14. The highest BCUT2D eigenvalue weighted by Gasteiger charge is 2.33. The zero-order chi connectivity index (χ0) is 16.4. The summed E-state index contributed by atoms with van der Waals surface area (Å²) in [4.78, 5) is 2.10. The summed E-state index contributed by atoms with van der Waals surface area (Å²) in [5.74, 6) is 0.167. The van der Waals surface area contributed by atoms with Gasteiger partial charge in [-0.2, -0.15) is 0 Å². The SMILES string of the molecule is Cc1ccc(C2CCCC(c3ccc(C)cc3)N2C(=N)N)cc1. The third kappa shape index (κ3) is 3.24. The summed E-state index contributed by atoms with van der Waals surface area (Å²) in [6, 6.07) is 17.6. The molecule has 3 N–H and O–H groups in total. The molecule has 2 unspecified atom stereocenters. The highest BCUT2D eigenvalue weighted by molar-refractivity contribution is 5.76. The van der Waals surface area contributed by atoms with Crippen LogP contribution in [0.2, 0.25) is 0 Å². The number of nitrogens with zero attached hydrogens (tertiary/aromatic N) is 1. The van der Waals surface area contributed by atoms with Crippen LogP contribution in [-0.4, -0.2) is 10.9 Å². The molecule has 2 aromatic rings. The second-order valence-electron chi connectivity index (χ2n) is 6.58. The summed E-state index contributed by atoms with van der Waals surface area (Å²) < 4.78 is 0. The minimum Gasteiger partial charge on any atom is -0.370 e. The molecule has 2 atom stereocenters. The van der Waals surface area contributed by atoms with Gasteiger partial charge in [0.15, 0.2) is 5.96 Å². The number of aryl methyl sites for hydroxylation is 2. The Hall–Kier alpha value is -2.29. The molecule has 1 fully saturated rings. The molecule has 0 amide bonds. The van der Waals surface area contributed by atoms with Crippen LogP contribution in [0, 0.1) is 19.3 Å². The Morgan fingerprint density at radius 1 is 0.870 bits per heavy atom. The Balaban J connectivity index is 1.95. The van der Waals surface area contributed by atoms with Gasteiger partial charge < -0.3 is 10.6 Å². The average Bonchev–Trinajstić information content (AvgIpc) is 2.55. The lowest BCUT2D eigenvalue weighted by molar-refractivity contribution is 0.165. The van der Waals surface area contributed by atoms with Crippen LogP contribution in [-0.2, 0) is 0 Å². The van der Waals surface area contributed by atoms with Gasteiger partial charge in [0.25, 0.3) is 0 Å². The van der Waals surface area contributed by atoms with Crippen molar-refractivity contribution in [2.45, 2.75) is 45.2 Å². The van der Waals surface area contributed by atoms with Crippen molar-refractivity contribution in [2.75, 3.05) is 0 Å². The lowest BCUT2D eigenvalue weighted by atomic mass is 9.87. The van der Waals surface area contributed by atoms with Crippen LogP contribution in [0.5, 0.6) is 0 Å². The van der Waals surface area contributed by atoms with Crippen molar-refractivity contribution in [3.8, 4) is 0 Å². The fourth-order valence-corrected chi connectivity index (χ4v) is 3.57. The van der Waals surface area contributed by atoms with E-state index in [9.17, 15) is 0 Å². The first kappa shape index (κ1) is 15.6. The lowest BCUT2D eigenvalue weighted by Gasteiger charge is -2.43. The minimum absolute atomic E-state index is 0.167. The van der Waals surface area contributed by atoms with Gasteiger partial charge in [0.2, 0.25) is 0 Å². The number of hydrogen-bond acceptors (Lipinski definition) is 1. The van der Waals surface area contributed by atoms with Crippen molar-refractivity contribution in [2.24, 2.45) is 5.73 Å². The van der Waals surface area contributed by atoms with Gasteiger partial charge >= 0.3 is 0 Å². The normalized spacial score (nSPS) is 21.2. The van der Waals surface area contributed by atoms with E-state index in [1.54, 1.807) is 0 Å². The number of piperidine rings is 1. The van der Waals surface area contributed by atoms with Gasteiger partial charge in [-0.1, -0.05) is 59.7 Å². The van der Waals surface area contributed by atoms with Gasteiger partial charge in [0.05, 0.1) is 12.1 Å². The summed E-state index contributed by atoms with van der Waals surface area (Å²) in [6.45, 7) is 4.20. The van der Waals surface area contributed by atoms with Gasteiger partial charge in [-0.3, -0.25) is 5.41 Å². The van der Waals surface area contributed by atoms with E-state index < -0.39 is 0 Å². The number of benzene rings is 2. The van der Waals surface area contributed by atoms with Gasteiger partial charge in [-0.05, 0) is 44.2 Å². The molecule has 1 heterocycles. The summed E-state index contributed by atoms with van der Waals surface area (Å²) >= 11 is 0. The predicted molar refractivity (Wildman–Crippen MR) is 95.4 cm³/mol. The molecule has 3 nitrogen and oxygen atoms in total. The van der Waals surface area contributed by atoms with E-state index in [0.717, 1.165) is 19.3 Å². The number of nitrogens with one attached hydrogen (secondary N) is 1. The highest BCUT2D eigenvalue weighted by atomic mass is 15.3. The Morgan fingerprint density at radius 2 is 1.26 bits per heavy atom. The largest absolute Gasteiger partial charge is 0.370 e. The lowest BCUT2D eigenvalue weighted by Crippen LogP contribution is -2.44. The van der Waals surface area contributed by atoms with E-state index >= 15 is 0 Å². The van der Waals surface area contributed by atoms with Crippen LogP contribution >= 0.6 is 0 Å². The van der Waals surface area contributed by atoms with Gasteiger partial charge in [0.1, 0.15) is 0 Å². The maximum Gasteiger partial charge on any atom is 0.189 e. The third-order valence-corrected chi connectivity index (χ3v) is 4.83. The molecule has 120 valence electrons. The average molecular weight is 307 g/mol.